The molecule has 1 aromatic rings. The molecule has 5 N–H and O–H groups in total. The molecule has 150 valence electrons. The molecule has 0 unspecified atom stereocenters. The van der Waals surface area contributed by atoms with Gasteiger partial charge < -0.3 is 31.2 Å². The number of rotatable bonds is 17. The molecule has 0 bridgehead atoms. The Labute approximate surface area is 156 Å². The first-order valence-corrected chi connectivity index (χ1v) is 9.63. The van der Waals surface area contributed by atoms with Crippen LogP contribution in [0.15, 0.2) is 0 Å². The molecule has 1 heterocycles. The number of hydrogen-bond acceptors (Lipinski definition) is 9. The van der Waals surface area contributed by atoms with Crippen LogP contribution in [0.4, 0.5) is 17.8 Å². The van der Waals surface area contributed by atoms with Gasteiger partial charge in [-0.3, -0.25) is 0 Å². The van der Waals surface area contributed by atoms with Crippen molar-refractivity contribution in [2.45, 2.75) is 39.5 Å². The molecule has 0 spiro atoms. The van der Waals surface area contributed by atoms with Gasteiger partial charge in [0.15, 0.2) is 0 Å². The van der Waals surface area contributed by atoms with E-state index in [0.717, 1.165) is 38.8 Å². The van der Waals surface area contributed by atoms with Crippen molar-refractivity contribution < 1.29 is 9.47 Å². The van der Waals surface area contributed by atoms with Crippen LogP contribution >= 0.6 is 0 Å². The van der Waals surface area contributed by atoms with Crippen LogP contribution in [0.1, 0.15) is 39.5 Å². The van der Waals surface area contributed by atoms with Crippen molar-refractivity contribution in [3.8, 4) is 0 Å². The van der Waals surface area contributed by atoms with Gasteiger partial charge in [-0.05, 0) is 12.8 Å². The Hall–Kier alpha value is -1.71. The van der Waals surface area contributed by atoms with Gasteiger partial charge >= 0.3 is 0 Å². The molecule has 0 aliphatic heterocycles. The molecular formula is C17H35N7O2. The first-order chi connectivity index (χ1) is 12.8. The third-order valence-corrected chi connectivity index (χ3v) is 3.43. The van der Waals surface area contributed by atoms with Crippen molar-refractivity contribution in [3.05, 3.63) is 0 Å². The average Bonchev–Trinajstić information content (AvgIpc) is 2.64. The van der Waals surface area contributed by atoms with Crippen LogP contribution in [0.2, 0.25) is 0 Å². The van der Waals surface area contributed by atoms with Crippen molar-refractivity contribution in [2.24, 2.45) is 5.73 Å². The van der Waals surface area contributed by atoms with Gasteiger partial charge in [0.2, 0.25) is 17.8 Å². The van der Waals surface area contributed by atoms with Gasteiger partial charge in [0.05, 0.1) is 26.4 Å². The van der Waals surface area contributed by atoms with Gasteiger partial charge in [0.25, 0.3) is 0 Å². The van der Waals surface area contributed by atoms with E-state index in [1.165, 1.54) is 0 Å². The summed E-state index contributed by atoms with van der Waals surface area (Å²) in [6, 6.07) is 0. The minimum absolute atomic E-state index is 0.532. The Morgan fingerprint density at radius 1 is 0.692 bits per heavy atom. The molecule has 0 aliphatic carbocycles. The molecule has 9 heteroatoms. The largest absolute Gasteiger partial charge is 0.378 e. The second kappa shape index (κ2) is 15.5. The van der Waals surface area contributed by atoms with E-state index in [0.29, 0.717) is 57.4 Å². The van der Waals surface area contributed by atoms with E-state index >= 15 is 0 Å². The van der Waals surface area contributed by atoms with Crippen LogP contribution in [0, 0.1) is 0 Å². The molecule has 0 amide bonds. The summed E-state index contributed by atoms with van der Waals surface area (Å²) in [6.45, 7) is 9.37. The molecule has 0 radical (unpaired) electrons. The molecule has 0 fully saturated rings. The summed E-state index contributed by atoms with van der Waals surface area (Å²) in [5.74, 6) is 1.72. The predicted molar refractivity (Wildman–Crippen MR) is 106 cm³/mol. The monoisotopic (exact) mass is 369 g/mol. The highest BCUT2D eigenvalue weighted by Gasteiger charge is 2.06. The zero-order chi connectivity index (χ0) is 18.9. The molecule has 9 nitrogen and oxygen atoms in total. The SMILES string of the molecule is CCCCNc1nc(NCCCC)nc(NCCOCCOCCN)n1. The summed E-state index contributed by atoms with van der Waals surface area (Å²) in [4.78, 5) is 13.2. The summed E-state index contributed by atoms with van der Waals surface area (Å²) < 4.78 is 10.7. The van der Waals surface area contributed by atoms with Gasteiger partial charge in [-0.25, -0.2) is 0 Å². The average molecular weight is 370 g/mol. The smallest absolute Gasteiger partial charge is 0.229 e. The molecule has 26 heavy (non-hydrogen) atoms. The lowest BCUT2D eigenvalue weighted by Gasteiger charge is -2.11. The Bertz CT molecular complexity index is 434. The third-order valence-electron chi connectivity index (χ3n) is 3.43. The fraction of sp³-hybridized carbons (Fsp3) is 0.824. The molecule has 1 aromatic heterocycles. The second-order valence-corrected chi connectivity index (χ2v) is 5.81. The number of aromatic nitrogens is 3. The minimum Gasteiger partial charge on any atom is -0.378 e. The lowest BCUT2D eigenvalue weighted by atomic mass is 10.3. The number of anilines is 3. The summed E-state index contributed by atoms with van der Waals surface area (Å²) in [6.07, 6.45) is 4.40. The van der Waals surface area contributed by atoms with Gasteiger partial charge in [-0.2, -0.15) is 15.0 Å². The van der Waals surface area contributed by atoms with E-state index in [1.807, 2.05) is 0 Å². The standard InChI is InChI=1S/C17H35N7O2/c1-3-5-8-19-15-22-16(20-9-6-4-2)24-17(23-15)21-10-12-26-14-13-25-11-7-18/h3-14,18H2,1-2H3,(H3,19,20,21,22,23,24). The quantitative estimate of drug-likeness (QED) is 0.304. The number of hydrogen-bond donors (Lipinski definition) is 4. The summed E-state index contributed by atoms with van der Waals surface area (Å²) in [5.41, 5.74) is 5.35. The van der Waals surface area contributed by atoms with E-state index in [9.17, 15) is 0 Å². The molecule has 1 rings (SSSR count). The molecule has 0 saturated carbocycles. The normalized spacial score (nSPS) is 10.7. The number of nitrogens with zero attached hydrogens (tertiary/aromatic N) is 3. The van der Waals surface area contributed by atoms with Gasteiger partial charge in [-0.15, -0.1) is 0 Å². The van der Waals surface area contributed by atoms with Gasteiger partial charge in [-0.1, -0.05) is 26.7 Å². The minimum atomic E-state index is 0.532. The van der Waals surface area contributed by atoms with E-state index in [1.54, 1.807) is 0 Å². The number of ether oxygens (including phenoxy) is 2. The van der Waals surface area contributed by atoms with E-state index in [4.69, 9.17) is 15.2 Å². The molecule has 0 aromatic carbocycles. The predicted octanol–water partition coefficient (Wildman–Crippen LogP) is 1.70. The van der Waals surface area contributed by atoms with Crippen LogP contribution in [0.3, 0.4) is 0 Å². The highest BCUT2D eigenvalue weighted by molar-refractivity contribution is 5.42. The number of nitrogens with one attached hydrogen (secondary N) is 3. The van der Waals surface area contributed by atoms with E-state index < -0.39 is 0 Å². The number of nitrogens with two attached hydrogens (primary N) is 1. The highest BCUT2D eigenvalue weighted by Crippen LogP contribution is 2.09. The third kappa shape index (κ3) is 11.0. The fourth-order valence-electron chi connectivity index (χ4n) is 2.01. The van der Waals surface area contributed by atoms with E-state index in [2.05, 4.69) is 44.7 Å². The summed E-state index contributed by atoms with van der Waals surface area (Å²) in [7, 11) is 0. The van der Waals surface area contributed by atoms with Crippen molar-refractivity contribution in [1.82, 2.24) is 15.0 Å². The van der Waals surface area contributed by atoms with Crippen LogP contribution in [0.5, 0.6) is 0 Å². The van der Waals surface area contributed by atoms with Crippen LogP contribution in [0.25, 0.3) is 0 Å². The van der Waals surface area contributed by atoms with Crippen LogP contribution in [-0.2, 0) is 9.47 Å². The summed E-state index contributed by atoms with van der Waals surface area (Å²) >= 11 is 0. The molecule has 0 aliphatic rings. The fourth-order valence-corrected chi connectivity index (χ4v) is 2.01. The number of unbranched alkanes of at least 4 members (excludes halogenated alkanes) is 2. The maximum absolute atomic E-state index is 5.49. The molecule has 0 atom stereocenters. The molecule has 0 saturated heterocycles. The Kier molecular flexibility index (Phi) is 13.3. The van der Waals surface area contributed by atoms with Gasteiger partial charge in [0, 0.05) is 26.2 Å². The van der Waals surface area contributed by atoms with Crippen molar-refractivity contribution in [3.63, 3.8) is 0 Å². The highest BCUT2D eigenvalue weighted by atomic mass is 16.5. The maximum atomic E-state index is 5.49. The van der Waals surface area contributed by atoms with Crippen molar-refractivity contribution in [2.75, 3.05) is 68.6 Å². The first-order valence-electron chi connectivity index (χ1n) is 9.63. The maximum Gasteiger partial charge on any atom is 0.229 e. The molecular weight excluding hydrogens is 334 g/mol. The lowest BCUT2D eigenvalue weighted by molar-refractivity contribution is 0.0547. The Morgan fingerprint density at radius 3 is 1.62 bits per heavy atom. The Morgan fingerprint density at radius 2 is 1.15 bits per heavy atom. The van der Waals surface area contributed by atoms with Gasteiger partial charge in [0.1, 0.15) is 0 Å². The topological polar surface area (TPSA) is 119 Å². The zero-order valence-electron chi connectivity index (χ0n) is 16.2. The van der Waals surface area contributed by atoms with Crippen molar-refractivity contribution >= 4 is 17.8 Å². The van der Waals surface area contributed by atoms with Crippen LogP contribution < -0.4 is 21.7 Å². The second-order valence-electron chi connectivity index (χ2n) is 5.81. The Balaban J connectivity index is 2.42. The lowest BCUT2D eigenvalue weighted by Crippen LogP contribution is -2.17. The van der Waals surface area contributed by atoms with E-state index in [-0.39, 0.29) is 0 Å². The summed E-state index contributed by atoms with van der Waals surface area (Å²) in [5, 5.41) is 9.67. The van der Waals surface area contributed by atoms with Crippen LogP contribution in [-0.4, -0.2) is 67.6 Å². The first kappa shape index (κ1) is 22.3. The van der Waals surface area contributed by atoms with Crippen molar-refractivity contribution in [1.29, 1.82) is 0 Å². The zero-order valence-corrected chi connectivity index (χ0v) is 16.2.